The van der Waals surface area contributed by atoms with Gasteiger partial charge in [-0.1, -0.05) is 6.07 Å². The van der Waals surface area contributed by atoms with Crippen LogP contribution in [0.3, 0.4) is 0 Å². The Morgan fingerprint density at radius 2 is 2.10 bits per heavy atom. The Hall–Kier alpha value is -0.730. The van der Waals surface area contributed by atoms with Crippen LogP contribution < -0.4 is 5.32 Å². The van der Waals surface area contributed by atoms with Gasteiger partial charge in [0, 0.05) is 34.8 Å². The Labute approximate surface area is 128 Å². The van der Waals surface area contributed by atoms with Crippen molar-refractivity contribution in [3.63, 3.8) is 0 Å². The zero-order valence-electron chi connectivity index (χ0n) is 11.7. The molecule has 4 nitrogen and oxygen atoms in total. The standard InChI is InChI=1S/C13H18N2O2S3/c1-10-13(7-12(19-10)8-14-2)20(16,17)15(3)9-11-5-4-6-18-11/h4-7,14H,8-9H2,1-3H3. The van der Waals surface area contributed by atoms with Crippen molar-refractivity contribution in [2.45, 2.75) is 24.9 Å². The molecule has 0 amide bonds. The van der Waals surface area contributed by atoms with Crippen LogP contribution in [0.1, 0.15) is 14.6 Å². The molecule has 0 saturated carbocycles. The van der Waals surface area contributed by atoms with E-state index < -0.39 is 10.0 Å². The lowest BCUT2D eigenvalue weighted by Gasteiger charge is -2.16. The molecule has 110 valence electrons. The molecule has 0 atom stereocenters. The van der Waals surface area contributed by atoms with Crippen molar-refractivity contribution in [2.24, 2.45) is 0 Å². The first-order chi connectivity index (χ1) is 9.45. The SMILES string of the molecule is CNCc1cc(S(=O)(=O)N(C)Cc2cccs2)c(C)s1. The molecule has 20 heavy (non-hydrogen) atoms. The summed E-state index contributed by atoms with van der Waals surface area (Å²) in [5, 5.41) is 5.00. The highest BCUT2D eigenvalue weighted by Crippen LogP contribution is 2.28. The van der Waals surface area contributed by atoms with Crippen molar-refractivity contribution in [1.29, 1.82) is 0 Å². The normalized spacial score (nSPS) is 12.2. The molecular weight excluding hydrogens is 312 g/mol. The Bertz CT molecular complexity index is 660. The molecule has 2 aromatic heterocycles. The van der Waals surface area contributed by atoms with E-state index in [0.29, 0.717) is 18.0 Å². The zero-order chi connectivity index (χ0) is 14.8. The van der Waals surface area contributed by atoms with E-state index in [4.69, 9.17) is 0 Å². The maximum atomic E-state index is 12.6. The Morgan fingerprint density at radius 1 is 1.35 bits per heavy atom. The number of rotatable bonds is 6. The molecule has 0 bridgehead atoms. The van der Waals surface area contributed by atoms with E-state index in [1.165, 1.54) is 15.6 Å². The van der Waals surface area contributed by atoms with E-state index >= 15 is 0 Å². The van der Waals surface area contributed by atoms with Gasteiger partial charge < -0.3 is 5.32 Å². The maximum Gasteiger partial charge on any atom is 0.244 e. The molecule has 7 heteroatoms. The second kappa shape index (κ2) is 6.36. The van der Waals surface area contributed by atoms with Crippen LogP contribution in [0.15, 0.2) is 28.5 Å². The molecule has 0 aliphatic heterocycles. The van der Waals surface area contributed by atoms with Crippen molar-refractivity contribution < 1.29 is 8.42 Å². The van der Waals surface area contributed by atoms with Crippen LogP contribution in [0.2, 0.25) is 0 Å². The van der Waals surface area contributed by atoms with Crippen LogP contribution in [0.5, 0.6) is 0 Å². The largest absolute Gasteiger partial charge is 0.315 e. The fourth-order valence-electron chi connectivity index (χ4n) is 1.92. The molecule has 2 aromatic rings. The summed E-state index contributed by atoms with van der Waals surface area (Å²) in [6.45, 7) is 2.96. The Morgan fingerprint density at radius 3 is 2.70 bits per heavy atom. The fraction of sp³-hybridized carbons (Fsp3) is 0.385. The third-order valence-electron chi connectivity index (χ3n) is 2.92. The molecule has 0 fully saturated rings. The highest BCUT2D eigenvalue weighted by atomic mass is 32.2. The van der Waals surface area contributed by atoms with Gasteiger partial charge in [-0.05, 0) is 31.5 Å². The molecule has 2 rings (SSSR count). The van der Waals surface area contributed by atoms with Gasteiger partial charge in [-0.2, -0.15) is 4.31 Å². The highest BCUT2D eigenvalue weighted by Gasteiger charge is 2.25. The summed E-state index contributed by atoms with van der Waals surface area (Å²) in [7, 11) is 0.0616. The molecular formula is C13H18N2O2S3. The van der Waals surface area contributed by atoms with Crippen molar-refractivity contribution in [3.8, 4) is 0 Å². The monoisotopic (exact) mass is 330 g/mol. The minimum Gasteiger partial charge on any atom is -0.315 e. The second-order valence-electron chi connectivity index (χ2n) is 4.50. The summed E-state index contributed by atoms with van der Waals surface area (Å²) >= 11 is 3.09. The molecule has 2 heterocycles. The summed E-state index contributed by atoms with van der Waals surface area (Å²) < 4.78 is 26.6. The van der Waals surface area contributed by atoms with Gasteiger partial charge in [0.15, 0.2) is 0 Å². The van der Waals surface area contributed by atoms with Gasteiger partial charge in [0.2, 0.25) is 10.0 Å². The number of thiophene rings is 2. The van der Waals surface area contributed by atoms with E-state index in [1.54, 1.807) is 24.5 Å². The minimum atomic E-state index is -3.42. The van der Waals surface area contributed by atoms with Gasteiger partial charge in [-0.3, -0.25) is 0 Å². The van der Waals surface area contributed by atoms with E-state index in [0.717, 1.165) is 14.6 Å². The summed E-state index contributed by atoms with van der Waals surface area (Å²) in [5.41, 5.74) is 0. The number of nitrogens with zero attached hydrogens (tertiary/aromatic N) is 1. The predicted molar refractivity (Wildman–Crippen MR) is 84.8 cm³/mol. The first-order valence-electron chi connectivity index (χ1n) is 6.17. The van der Waals surface area contributed by atoms with Gasteiger partial charge in [0.05, 0.1) is 4.90 Å². The average molecular weight is 330 g/mol. The first kappa shape index (κ1) is 15.7. The molecule has 0 aliphatic carbocycles. The van der Waals surface area contributed by atoms with Crippen LogP contribution in [-0.4, -0.2) is 26.8 Å². The van der Waals surface area contributed by atoms with Crippen LogP contribution in [0.4, 0.5) is 0 Å². The quantitative estimate of drug-likeness (QED) is 0.886. The van der Waals surface area contributed by atoms with Gasteiger partial charge in [-0.15, -0.1) is 22.7 Å². The maximum absolute atomic E-state index is 12.6. The van der Waals surface area contributed by atoms with Crippen molar-refractivity contribution in [1.82, 2.24) is 9.62 Å². The first-order valence-corrected chi connectivity index (χ1v) is 9.31. The average Bonchev–Trinajstić information content (AvgIpc) is 2.99. The van der Waals surface area contributed by atoms with E-state index in [1.807, 2.05) is 31.5 Å². The molecule has 0 radical (unpaired) electrons. The topological polar surface area (TPSA) is 49.4 Å². The number of hydrogen-bond acceptors (Lipinski definition) is 5. The molecule has 1 N–H and O–H groups in total. The van der Waals surface area contributed by atoms with Gasteiger partial charge in [-0.25, -0.2) is 8.42 Å². The molecule has 0 unspecified atom stereocenters. The number of hydrogen-bond donors (Lipinski definition) is 1. The predicted octanol–water partition coefficient (Wildman–Crippen LogP) is 2.66. The molecule has 0 aliphatic rings. The summed E-state index contributed by atoms with van der Waals surface area (Å²) in [6, 6.07) is 5.65. The van der Waals surface area contributed by atoms with Crippen molar-refractivity contribution >= 4 is 32.7 Å². The Kier molecular flexibility index (Phi) is 4.98. The lowest BCUT2D eigenvalue weighted by atomic mass is 10.4. The van der Waals surface area contributed by atoms with Crippen LogP contribution in [0, 0.1) is 6.92 Å². The van der Waals surface area contributed by atoms with Crippen LogP contribution in [0.25, 0.3) is 0 Å². The number of aryl methyl sites for hydroxylation is 1. The van der Waals surface area contributed by atoms with Gasteiger partial charge in [0.25, 0.3) is 0 Å². The third kappa shape index (κ3) is 3.29. The van der Waals surface area contributed by atoms with Crippen molar-refractivity contribution in [2.75, 3.05) is 14.1 Å². The number of sulfonamides is 1. The van der Waals surface area contributed by atoms with Crippen molar-refractivity contribution in [3.05, 3.63) is 38.2 Å². The molecule has 0 aromatic carbocycles. The zero-order valence-corrected chi connectivity index (χ0v) is 14.2. The summed E-state index contributed by atoms with van der Waals surface area (Å²) in [4.78, 5) is 3.34. The van der Waals surface area contributed by atoms with Crippen LogP contribution in [-0.2, 0) is 23.1 Å². The fourth-order valence-corrected chi connectivity index (χ4v) is 5.52. The van der Waals surface area contributed by atoms with Gasteiger partial charge >= 0.3 is 0 Å². The summed E-state index contributed by atoms with van der Waals surface area (Å²) in [5.74, 6) is 0. The van der Waals surface area contributed by atoms with E-state index in [9.17, 15) is 8.42 Å². The minimum absolute atomic E-state index is 0.413. The lowest BCUT2D eigenvalue weighted by molar-refractivity contribution is 0.469. The highest BCUT2D eigenvalue weighted by molar-refractivity contribution is 7.89. The van der Waals surface area contributed by atoms with Gasteiger partial charge in [0.1, 0.15) is 0 Å². The number of nitrogens with one attached hydrogen (secondary N) is 1. The third-order valence-corrected chi connectivity index (χ3v) is 6.89. The Balaban J connectivity index is 2.25. The van der Waals surface area contributed by atoms with Crippen LogP contribution >= 0.6 is 22.7 Å². The molecule has 0 spiro atoms. The smallest absolute Gasteiger partial charge is 0.244 e. The molecule has 0 saturated heterocycles. The summed E-state index contributed by atoms with van der Waals surface area (Å²) in [6.07, 6.45) is 0. The second-order valence-corrected chi connectivity index (χ2v) is 8.89. The van der Waals surface area contributed by atoms with E-state index in [2.05, 4.69) is 5.32 Å². The van der Waals surface area contributed by atoms with E-state index in [-0.39, 0.29) is 0 Å². The lowest BCUT2D eigenvalue weighted by Crippen LogP contribution is -2.26.